The summed E-state index contributed by atoms with van der Waals surface area (Å²) in [6.45, 7) is 4.96. The zero-order valence-corrected chi connectivity index (χ0v) is 28.8. The van der Waals surface area contributed by atoms with Crippen LogP contribution in [0.3, 0.4) is 0 Å². The molecule has 4 aromatic heterocycles. The standard InChI is InChI=1S/C38H42N10O2/c1-44-23-29(20-43-44)33-16-26-5-4-6-30(32(26)21-40-33)27-15-31(35-34(17-27)45(2)38(50)46(35)3)25-9-11-47(12-10-25)22-24-7-13-48(14-8-24)37-41-18-28(19-42-37)36(39)49/h4-6,15-21,23-25H,7-14,22H2,1-3H3,(H2,39,49). The number of aromatic nitrogens is 7. The number of aryl methyl sites for hydroxylation is 3. The van der Waals surface area contributed by atoms with Gasteiger partial charge in [0.15, 0.2) is 0 Å². The van der Waals surface area contributed by atoms with E-state index in [0.29, 0.717) is 23.3 Å². The molecule has 2 fully saturated rings. The van der Waals surface area contributed by atoms with Crippen molar-refractivity contribution in [3.63, 3.8) is 0 Å². The van der Waals surface area contributed by atoms with Crippen LogP contribution in [0.4, 0.5) is 5.95 Å². The maximum absolute atomic E-state index is 13.3. The third-order valence-corrected chi connectivity index (χ3v) is 10.8. The number of hydrogen-bond acceptors (Lipinski definition) is 8. The van der Waals surface area contributed by atoms with E-state index in [9.17, 15) is 9.59 Å². The van der Waals surface area contributed by atoms with E-state index in [1.54, 1.807) is 9.25 Å². The van der Waals surface area contributed by atoms with Crippen molar-refractivity contribution in [2.75, 3.05) is 37.6 Å². The number of hydrogen-bond donors (Lipinski definition) is 1. The molecule has 12 nitrogen and oxygen atoms in total. The summed E-state index contributed by atoms with van der Waals surface area (Å²) < 4.78 is 5.40. The Bertz CT molecular complexity index is 2270. The highest BCUT2D eigenvalue weighted by molar-refractivity contribution is 5.99. The number of rotatable bonds is 7. The van der Waals surface area contributed by atoms with Gasteiger partial charge in [0, 0.05) is 76.5 Å². The van der Waals surface area contributed by atoms with Gasteiger partial charge >= 0.3 is 5.69 Å². The number of nitrogens with two attached hydrogens (primary N) is 1. The van der Waals surface area contributed by atoms with Crippen LogP contribution in [0.5, 0.6) is 0 Å². The first-order chi connectivity index (χ1) is 24.2. The predicted molar refractivity (Wildman–Crippen MR) is 195 cm³/mol. The highest BCUT2D eigenvalue weighted by Crippen LogP contribution is 2.39. The number of piperidine rings is 2. The summed E-state index contributed by atoms with van der Waals surface area (Å²) in [5.41, 5.74) is 13.0. The molecule has 0 radical (unpaired) electrons. The van der Waals surface area contributed by atoms with E-state index in [-0.39, 0.29) is 5.69 Å². The number of carbonyl (C=O) groups excluding carboxylic acids is 1. The number of fused-ring (bicyclic) bond motifs is 2. The minimum absolute atomic E-state index is 0.00270. The van der Waals surface area contributed by atoms with Gasteiger partial charge in [-0.25, -0.2) is 14.8 Å². The lowest BCUT2D eigenvalue weighted by molar-refractivity contribution is 0.0999. The average Bonchev–Trinajstić information content (AvgIpc) is 3.68. The number of nitrogens with zero attached hydrogens (tertiary/aromatic N) is 9. The summed E-state index contributed by atoms with van der Waals surface area (Å²) >= 11 is 0. The lowest BCUT2D eigenvalue weighted by atomic mass is 9.85. The molecule has 2 N–H and O–H groups in total. The highest BCUT2D eigenvalue weighted by Gasteiger charge is 2.28. The van der Waals surface area contributed by atoms with Gasteiger partial charge in [-0.2, -0.15) is 5.10 Å². The Morgan fingerprint density at radius 3 is 2.32 bits per heavy atom. The van der Waals surface area contributed by atoms with Gasteiger partial charge in [0.05, 0.1) is 28.5 Å². The maximum atomic E-state index is 13.3. The molecule has 0 unspecified atom stereocenters. The Morgan fingerprint density at radius 1 is 0.860 bits per heavy atom. The van der Waals surface area contributed by atoms with Crippen molar-refractivity contribution in [1.29, 1.82) is 0 Å². The van der Waals surface area contributed by atoms with Gasteiger partial charge in [-0.1, -0.05) is 18.2 Å². The summed E-state index contributed by atoms with van der Waals surface area (Å²) in [6.07, 6.45) is 13.1. The molecular formula is C38H42N10O2. The molecule has 6 heterocycles. The van der Waals surface area contributed by atoms with Gasteiger partial charge in [0.2, 0.25) is 5.95 Å². The van der Waals surface area contributed by atoms with Crippen LogP contribution < -0.4 is 16.3 Å². The molecular weight excluding hydrogens is 628 g/mol. The number of primary amides is 1. The van der Waals surface area contributed by atoms with Crippen molar-refractivity contribution in [2.45, 2.75) is 31.6 Å². The number of pyridine rings is 1. The Morgan fingerprint density at radius 2 is 1.62 bits per heavy atom. The molecule has 2 aromatic carbocycles. The van der Waals surface area contributed by atoms with E-state index in [0.717, 1.165) is 103 Å². The van der Waals surface area contributed by atoms with Crippen LogP contribution in [0.1, 0.15) is 47.5 Å². The first-order valence-corrected chi connectivity index (χ1v) is 17.4. The van der Waals surface area contributed by atoms with Gasteiger partial charge in [0.1, 0.15) is 0 Å². The molecule has 0 spiro atoms. The fraction of sp³-hybridized carbons (Fsp3) is 0.368. The zero-order valence-electron chi connectivity index (χ0n) is 28.8. The van der Waals surface area contributed by atoms with E-state index in [2.05, 4.69) is 61.3 Å². The number of carbonyl (C=O) groups is 1. The minimum Gasteiger partial charge on any atom is -0.366 e. The fourth-order valence-corrected chi connectivity index (χ4v) is 8.01. The molecule has 256 valence electrons. The molecule has 6 aromatic rings. The first-order valence-electron chi connectivity index (χ1n) is 17.4. The van der Waals surface area contributed by atoms with E-state index in [4.69, 9.17) is 10.7 Å². The SMILES string of the molecule is Cn1cc(-c2cc3cccc(-c4cc(C5CCN(CC6CCN(c7ncc(C(N)=O)cn7)CC6)CC5)c5c(c4)n(C)c(=O)n5C)c3cn2)cn1. The number of likely N-dealkylation sites (tertiary alicyclic amines) is 1. The maximum Gasteiger partial charge on any atom is 0.328 e. The van der Waals surface area contributed by atoms with Crippen molar-refractivity contribution in [3.05, 3.63) is 89.0 Å². The quantitative estimate of drug-likeness (QED) is 0.263. The van der Waals surface area contributed by atoms with Crippen molar-refractivity contribution >= 4 is 33.7 Å². The smallest absolute Gasteiger partial charge is 0.328 e. The van der Waals surface area contributed by atoms with Crippen LogP contribution in [-0.4, -0.2) is 77.4 Å². The van der Waals surface area contributed by atoms with Gasteiger partial charge in [-0.3, -0.25) is 23.6 Å². The Kier molecular flexibility index (Phi) is 8.18. The molecule has 2 aliphatic rings. The summed E-state index contributed by atoms with van der Waals surface area (Å²) in [5, 5.41) is 6.52. The predicted octanol–water partition coefficient (Wildman–Crippen LogP) is 4.48. The molecule has 12 heteroatoms. The summed E-state index contributed by atoms with van der Waals surface area (Å²) in [4.78, 5) is 43.0. The topological polar surface area (TPSA) is 133 Å². The third kappa shape index (κ3) is 5.83. The van der Waals surface area contributed by atoms with Crippen LogP contribution in [0.25, 0.3) is 44.2 Å². The number of anilines is 1. The van der Waals surface area contributed by atoms with E-state index in [1.807, 2.05) is 44.3 Å². The highest BCUT2D eigenvalue weighted by atomic mass is 16.2. The minimum atomic E-state index is -0.512. The van der Waals surface area contributed by atoms with Crippen molar-refractivity contribution in [2.24, 2.45) is 32.8 Å². The van der Waals surface area contributed by atoms with Gasteiger partial charge in [-0.05, 0) is 90.9 Å². The monoisotopic (exact) mass is 670 g/mol. The molecule has 0 bridgehead atoms. The first kappa shape index (κ1) is 31.9. The average molecular weight is 671 g/mol. The second kappa shape index (κ2) is 12.8. The fourth-order valence-electron chi connectivity index (χ4n) is 8.01. The van der Waals surface area contributed by atoms with Crippen molar-refractivity contribution < 1.29 is 4.79 Å². The molecule has 2 aliphatic heterocycles. The third-order valence-electron chi connectivity index (χ3n) is 10.8. The largest absolute Gasteiger partial charge is 0.366 e. The van der Waals surface area contributed by atoms with Gasteiger partial charge in [0.25, 0.3) is 5.91 Å². The van der Waals surface area contributed by atoms with E-state index >= 15 is 0 Å². The molecule has 8 rings (SSSR count). The molecule has 2 saturated heterocycles. The molecule has 0 atom stereocenters. The van der Waals surface area contributed by atoms with Crippen molar-refractivity contribution in [1.82, 2.24) is 38.8 Å². The lowest BCUT2D eigenvalue weighted by Crippen LogP contribution is -2.41. The molecule has 1 amide bonds. The zero-order chi connectivity index (χ0) is 34.5. The van der Waals surface area contributed by atoms with Crippen LogP contribution in [0, 0.1) is 5.92 Å². The summed E-state index contributed by atoms with van der Waals surface area (Å²) in [5.74, 6) is 1.13. The Balaban J connectivity index is 1.01. The Hall–Kier alpha value is -5.36. The number of amides is 1. The van der Waals surface area contributed by atoms with Crippen LogP contribution in [0.2, 0.25) is 0 Å². The van der Waals surface area contributed by atoms with Gasteiger partial charge in [-0.15, -0.1) is 0 Å². The van der Waals surface area contributed by atoms with E-state index in [1.165, 1.54) is 18.0 Å². The molecule has 0 aliphatic carbocycles. The lowest BCUT2D eigenvalue weighted by Gasteiger charge is -2.38. The number of imidazole rings is 1. The summed E-state index contributed by atoms with van der Waals surface area (Å²) in [7, 11) is 5.68. The van der Waals surface area contributed by atoms with Crippen LogP contribution >= 0.6 is 0 Å². The normalized spacial score (nSPS) is 16.5. The molecule has 50 heavy (non-hydrogen) atoms. The summed E-state index contributed by atoms with van der Waals surface area (Å²) in [6, 6.07) is 13.0. The van der Waals surface area contributed by atoms with E-state index < -0.39 is 5.91 Å². The Labute approximate surface area is 290 Å². The molecule has 0 saturated carbocycles. The van der Waals surface area contributed by atoms with Crippen LogP contribution in [-0.2, 0) is 21.1 Å². The second-order valence-electron chi connectivity index (χ2n) is 14.0. The van der Waals surface area contributed by atoms with Crippen molar-refractivity contribution in [3.8, 4) is 22.4 Å². The van der Waals surface area contributed by atoms with Crippen LogP contribution in [0.15, 0.2) is 72.2 Å². The number of benzene rings is 2. The van der Waals surface area contributed by atoms with Gasteiger partial charge < -0.3 is 15.5 Å². The second-order valence-corrected chi connectivity index (χ2v) is 14.0.